The molecule has 2 amide bonds. The zero-order valence-corrected chi connectivity index (χ0v) is 15.9. The van der Waals surface area contributed by atoms with Crippen LogP contribution in [0.25, 0.3) is 0 Å². The van der Waals surface area contributed by atoms with E-state index in [2.05, 4.69) is 16.9 Å². The molecular weight excluding hydrogens is 348 g/mol. The highest BCUT2D eigenvalue weighted by Crippen LogP contribution is 2.31. The molecule has 8 nitrogen and oxygen atoms in total. The summed E-state index contributed by atoms with van der Waals surface area (Å²) >= 11 is 0. The molecule has 0 aromatic carbocycles. The molecule has 1 spiro atoms. The van der Waals surface area contributed by atoms with Crippen LogP contribution < -0.4 is 0 Å². The van der Waals surface area contributed by atoms with Crippen LogP contribution in [0.2, 0.25) is 0 Å². The molecule has 148 valence electrons. The van der Waals surface area contributed by atoms with E-state index in [4.69, 9.17) is 9.47 Å². The summed E-state index contributed by atoms with van der Waals surface area (Å²) in [6.07, 6.45) is 8.10. The number of carbonyl (C=O) groups excluding carboxylic acids is 2. The Labute approximate surface area is 159 Å². The molecule has 1 aromatic rings. The summed E-state index contributed by atoms with van der Waals surface area (Å²) in [5.74, 6) is -0.586. The Morgan fingerprint density at radius 3 is 2.56 bits per heavy atom. The molecule has 1 aromatic heterocycles. The Hall–Kier alpha value is -2.06. The number of rotatable bonds is 7. The first kappa shape index (κ1) is 19.7. The summed E-state index contributed by atoms with van der Waals surface area (Å²) in [6.45, 7) is 5.60. The van der Waals surface area contributed by atoms with Crippen LogP contribution in [0.15, 0.2) is 18.6 Å². The average molecular weight is 376 g/mol. The van der Waals surface area contributed by atoms with Crippen molar-refractivity contribution in [2.24, 2.45) is 0 Å². The topological polar surface area (TPSA) is 84.9 Å². The first-order chi connectivity index (χ1) is 13.1. The van der Waals surface area contributed by atoms with E-state index in [1.54, 1.807) is 4.90 Å². The fraction of sp³-hybridized carbons (Fsp3) is 0.684. The molecule has 0 bridgehead atoms. The number of aromatic nitrogens is 2. The summed E-state index contributed by atoms with van der Waals surface area (Å²) < 4.78 is 11.4. The molecule has 0 unspecified atom stereocenters. The van der Waals surface area contributed by atoms with Crippen LogP contribution in [0.4, 0.5) is 0 Å². The number of unbranched alkanes of at least 4 members (excludes halogenated alkanes) is 1. The van der Waals surface area contributed by atoms with Crippen molar-refractivity contribution in [3.63, 3.8) is 0 Å². The summed E-state index contributed by atoms with van der Waals surface area (Å²) in [5, 5.41) is 0. The summed E-state index contributed by atoms with van der Waals surface area (Å²) in [5.41, 5.74) is 0.316. The highest BCUT2D eigenvalue weighted by Gasteiger charge is 2.40. The predicted octanol–water partition coefficient (Wildman–Crippen LogP) is 1.47. The third-order valence-electron chi connectivity index (χ3n) is 5.14. The van der Waals surface area contributed by atoms with Crippen molar-refractivity contribution in [1.82, 2.24) is 19.8 Å². The van der Waals surface area contributed by atoms with Gasteiger partial charge >= 0.3 is 0 Å². The van der Waals surface area contributed by atoms with E-state index in [1.165, 1.54) is 18.6 Å². The second kappa shape index (κ2) is 9.23. The van der Waals surface area contributed by atoms with Crippen molar-refractivity contribution < 1.29 is 19.1 Å². The molecule has 0 saturated carbocycles. The van der Waals surface area contributed by atoms with Gasteiger partial charge < -0.3 is 19.3 Å². The van der Waals surface area contributed by atoms with Crippen molar-refractivity contribution in [3.05, 3.63) is 24.3 Å². The normalized spacial score (nSPS) is 18.6. The maximum atomic E-state index is 12.7. The zero-order valence-electron chi connectivity index (χ0n) is 15.9. The maximum Gasteiger partial charge on any atom is 0.274 e. The molecule has 2 aliphatic rings. The fourth-order valence-electron chi connectivity index (χ4n) is 3.51. The first-order valence-electron chi connectivity index (χ1n) is 9.74. The molecular formula is C19H28N4O4. The van der Waals surface area contributed by atoms with Crippen LogP contribution in [0.1, 0.15) is 49.5 Å². The highest BCUT2D eigenvalue weighted by molar-refractivity contribution is 5.92. The van der Waals surface area contributed by atoms with Crippen molar-refractivity contribution in [1.29, 1.82) is 0 Å². The van der Waals surface area contributed by atoms with Gasteiger partial charge in [-0.1, -0.05) is 13.3 Å². The zero-order chi connectivity index (χ0) is 19.1. The maximum absolute atomic E-state index is 12.7. The number of amides is 2. The lowest BCUT2D eigenvalue weighted by Gasteiger charge is -2.37. The number of piperidine rings is 1. The molecule has 0 aliphatic carbocycles. The highest BCUT2D eigenvalue weighted by atomic mass is 16.7. The average Bonchev–Trinajstić information content (AvgIpc) is 3.16. The third kappa shape index (κ3) is 5.01. The number of hydrogen-bond donors (Lipinski definition) is 0. The Morgan fingerprint density at radius 2 is 1.93 bits per heavy atom. The van der Waals surface area contributed by atoms with Gasteiger partial charge in [-0.3, -0.25) is 14.6 Å². The van der Waals surface area contributed by atoms with E-state index in [-0.39, 0.29) is 11.8 Å². The van der Waals surface area contributed by atoms with E-state index in [9.17, 15) is 9.59 Å². The fourth-order valence-corrected chi connectivity index (χ4v) is 3.51. The Balaban J connectivity index is 1.52. The molecule has 0 N–H and O–H groups in total. The van der Waals surface area contributed by atoms with Gasteiger partial charge in [-0.2, -0.15) is 0 Å². The lowest BCUT2D eigenvalue weighted by Crippen LogP contribution is -2.48. The standard InChI is InChI=1S/C19H28N4O4/c1-2-3-9-23(18(25)16-15-20-7-8-21-16)10-4-17(24)22-11-5-19(6-12-22)26-13-14-27-19/h7-8,15H,2-6,9-14H2,1H3. The van der Waals surface area contributed by atoms with E-state index in [0.29, 0.717) is 64.3 Å². The molecule has 2 aliphatic heterocycles. The molecule has 3 heterocycles. The Kier molecular flexibility index (Phi) is 6.73. The van der Waals surface area contributed by atoms with E-state index < -0.39 is 5.79 Å². The van der Waals surface area contributed by atoms with Gasteiger partial charge in [0.15, 0.2) is 5.79 Å². The molecule has 27 heavy (non-hydrogen) atoms. The van der Waals surface area contributed by atoms with Gasteiger partial charge in [0.1, 0.15) is 5.69 Å². The quantitative estimate of drug-likeness (QED) is 0.717. The molecule has 2 saturated heterocycles. The Morgan fingerprint density at radius 1 is 1.19 bits per heavy atom. The van der Waals surface area contributed by atoms with Crippen molar-refractivity contribution in [2.75, 3.05) is 39.4 Å². The van der Waals surface area contributed by atoms with Gasteiger partial charge in [0.2, 0.25) is 5.91 Å². The minimum Gasteiger partial charge on any atom is -0.347 e. The number of hydrogen-bond acceptors (Lipinski definition) is 6. The summed E-state index contributed by atoms with van der Waals surface area (Å²) in [4.78, 5) is 36.9. The van der Waals surface area contributed by atoms with E-state index in [1.807, 2.05) is 4.90 Å². The minimum absolute atomic E-state index is 0.0660. The minimum atomic E-state index is -0.480. The summed E-state index contributed by atoms with van der Waals surface area (Å²) in [7, 11) is 0. The lowest BCUT2D eigenvalue weighted by molar-refractivity contribution is -0.187. The van der Waals surface area contributed by atoms with E-state index >= 15 is 0 Å². The lowest BCUT2D eigenvalue weighted by atomic mass is 10.0. The number of likely N-dealkylation sites (tertiary alicyclic amines) is 1. The monoisotopic (exact) mass is 376 g/mol. The van der Waals surface area contributed by atoms with Crippen LogP contribution in [0.3, 0.4) is 0 Å². The molecule has 0 radical (unpaired) electrons. The van der Waals surface area contributed by atoms with Crippen molar-refractivity contribution >= 4 is 11.8 Å². The van der Waals surface area contributed by atoms with Gasteiger partial charge in [0.05, 0.1) is 19.4 Å². The van der Waals surface area contributed by atoms with Crippen LogP contribution >= 0.6 is 0 Å². The second-order valence-electron chi connectivity index (χ2n) is 6.97. The molecule has 3 rings (SSSR count). The van der Waals surface area contributed by atoms with Crippen LogP contribution in [-0.2, 0) is 14.3 Å². The smallest absolute Gasteiger partial charge is 0.274 e. The molecule has 8 heteroatoms. The van der Waals surface area contributed by atoms with Crippen LogP contribution in [0, 0.1) is 0 Å². The van der Waals surface area contributed by atoms with Crippen molar-refractivity contribution in [2.45, 2.75) is 44.8 Å². The number of ether oxygens (including phenoxy) is 2. The second-order valence-corrected chi connectivity index (χ2v) is 6.97. The van der Waals surface area contributed by atoms with Gasteiger partial charge in [-0.25, -0.2) is 4.98 Å². The van der Waals surface area contributed by atoms with Gasteiger partial charge in [0.25, 0.3) is 5.91 Å². The van der Waals surface area contributed by atoms with Gasteiger partial charge in [-0.05, 0) is 6.42 Å². The first-order valence-corrected chi connectivity index (χ1v) is 9.74. The van der Waals surface area contributed by atoms with Gasteiger partial charge in [-0.15, -0.1) is 0 Å². The van der Waals surface area contributed by atoms with Gasteiger partial charge in [0, 0.05) is 57.8 Å². The largest absolute Gasteiger partial charge is 0.347 e. The molecule has 0 atom stereocenters. The molecule has 2 fully saturated rings. The Bertz CT molecular complexity index is 624. The van der Waals surface area contributed by atoms with Crippen LogP contribution in [-0.4, -0.2) is 76.8 Å². The third-order valence-corrected chi connectivity index (χ3v) is 5.14. The van der Waals surface area contributed by atoms with Crippen LogP contribution in [0.5, 0.6) is 0 Å². The van der Waals surface area contributed by atoms with Crippen molar-refractivity contribution in [3.8, 4) is 0 Å². The SMILES string of the molecule is CCCCN(CCC(=O)N1CCC2(CC1)OCCO2)C(=O)c1cnccn1. The van der Waals surface area contributed by atoms with E-state index in [0.717, 1.165) is 12.8 Å². The summed E-state index contributed by atoms with van der Waals surface area (Å²) in [6, 6.07) is 0. The number of nitrogens with zero attached hydrogens (tertiary/aromatic N) is 4. The predicted molar refractivity (Wildman–Crippen MR) is 97.9 cm³/mol. The number of carbonyl (C=O) groups is 2.